The first-order valence-corrected chi connectivity index (χ1v) is 17.7. The number of hydrogen-bond acceptors (Lipinski definition) is 1. The molecular weight excluding hydrogens is 621 g/mol. The Bertz CT molecular complexity index is 3060. The van der Waals surface area contributed by atoms with Gasteiger partial charge in [0.05, 0.1) is 22.1 Å². The zero-order valence-corrected chi connectivity index (χ0v) is 27.9. The summed E-state index contributed by atoms with van der Waals surface area (Å²) in [4.78, 5) is 0. The molecule has 1 aliphatic carbocycles. The van der Waals surface area contributed by atoms with Crippen LogP contribution in [0.5, 0.6) is 0 Å². The van der Waals surface area contributed by atoms with Crippen molar-refractivity contribution in [1.82, 2.24) is 9.13 Å². The van der Waals surface area contributed by atoms with Crippen molar-refractivity contribution in [2.24, 2.45) is 0 Å². The average Bonchev–Trinajstić information content (AvgIpc) is 3.83. The number of fused-ring (bicyclic) bond motifs is 9. The molecule has 0 saturated carbocycles. The Morgan fingerprint density at radius 1 is 0.392 bits per heavy atom. The van der Waals surface area contributed by atoms with Crippen LogP contribution in [0.15, 0.2) is 174 Å². The highest BCUT2D eigenvalue weighted by Crippen LogP contribution is 2.42. The largest absolute Gasteiger partial charge is 0.456 e. The lowest BCUT2D eigenvalue weighted by molar-refractivity contribution is 0.669. The van der Waals surface area contributed by atoms with E-state index in [9.17, 15) is 0 Å². The predicted molar refractivity (Wildman–Crippen MR) is 214 cm³/mol. The second-order valence-electron chi connectivity index (χ2n) is 13.6. The summed E-state index contributed by atoms with van der Waals surface area (Å²) in [6.45, 7) is 0. The molecule has 51 heavy (non-hydrogen) atoms. The van der Waals surface area contributed by atoms with Crippen LogP contribution in [0.3, 0.4) is 0 Å². The van der Waals surface area contributed by atoms with E-state index in [0.717, 1.165) is 51.7 Å². The summed E-state index contributed by atoms with van der Waals surface area (Å²) >= 11 is 0. The van der Waals surface area contributed by atoms with E-state index in [1.165, 1.54) is 60.4 Å². The average molecular weight is 653 g/mol. The number of allylic oxidation sites excluding steroid dienone is 4. The number of para-hydroxylation sites is 3. The summed E-state index contributed by atoms with van der Waals surface area (Å²) in [7, 11) is 0. The third kappa shape index (κ3) is 4.31. The number of hydrogen-bond donors (Lipinski definition) is 0. The third-order valence-corrected chi connectivity index (χ3v) is 10.7. The quantitative estimate of drug-likeness (QED) is 0.186. The van der Waals surface area contributed by atoms with Gasteiger partial charge < -0.3 is 13.6 Å². The number of furan rings is 1. The van der Waals surface area contributed by atoms with Crippen LogP contribution in [0.1, 0.15) is 18.4 Å². The molecule has 0 unspecified atom stereocenters. The molecule has 0 amide bonds. The molecule has 0 N–H and O–H groups in total. The fourth-order valence-electron chi connectivity index (χ4n) is 8.34. The van der Waals surface area contributed by atoms with Crippen LogP contribution in [-0.4, -0.2) is 9.13 Å². The predicted octanol–water partition coefficient (Wildman–Crippen LogP) is 13.2. The molecule has 3 heteroatoms. The van der Waals surface area contributed by atoms with Gasteiger partial charge in [-0.05, 0) is 89.7 Å². The van der Waals surface area contributed by atoms with Gasteiger partial charge in [0.15, 0.2) is 0 Å². The van der Waals surface area contributed by atoms with Gasteiger partial charge in [-0.2, -0.15) is 0 Å². The summed E-state index contributed by atoms with van der Waals surface area (Å²) in [5.74, 6) is 0. The highest BCUT2D eigenvalue weighted by Gasteiger charge is 2.20. The van der Waals surface area contributed by atoms with Crippen molar-refractivity contribution in [3.8, 4) is 22.5 Å². The monoisotopic (exact) mass is 652 g/mol. The highest BCUT2D eigenvalue weighted by atomic mass is 16.3. The Kier molecular flexibility index (Phi) is 6.08. The van der Waals surface area contributed by atoms with Gasteiger partial charge in [0, 0.05) is 49.8 Å². The zero-order valence-electron chi connectivity index (χ0n) is 27.9. The van der Waals surface area contributed by atoms with Gasteiger partial charge in [-0.3, -0.25) is 0 Å². The van der Waals surface area contributed by atoms with Crippen molar-refractivity contribution in [2.75, 3.05) is 0 Å². The van der Waals surface area contributed by atoms with E-state index in [1.807, 2.05) is 6.07 Å². The lowest BCUT2D eigenvalue weighted by Gasteiger charge is -2.12. The maximum atomic E-state index is 6.41. The van der Waals surface area contributed by atoms with Crippen LogP contribution >= 0.6 is 0 Å². The van der Waals surface area contributed by atoms with Crippen LogP contribution in [0.2, 0.25) is 0 Å². The molecule has 0 aliphatic heterocycles. The smallest absolute Gasteiger partial charge is 0.137 e. The molecule has 3 heterocycles. The molecular formula is C48H32N2O. The lowest BCUT2D eigenvalue weighted by atomic mass is 9.97. The summed E-state index contributed by atoms with van der Waals surface area (Å²) in [5.41, 5.74) is 13.8. The van der Waals surface area contributed by atoms with Crippen molar-refractivity contribution in [3.63, 3.8) is 0 Å². The minimum atomic E-state index is 0.903. The fraction of sp³-hybridized carbons (Fsp3) is 0.0417. The van der Waals surface area contributed by atoms with Crippen molar-refractivity contribution in [3.05, 3.63) is 175 Å². The van der Waals surface area contributed by atoms with E-state index >= 15 is 0 Å². The maximum absolute atomic E-state index is 6.41. The topological polar surface area (TPSA) is 23.0 Å². The molecule has 240 valence electrons. The van der Waals surface area contributed by atoms with Gasteiger partial charge in [0.1, 0.15) is 11.2 Å². The highest BCUT2D eigenvalue weighted by molar-refractivity contribution is 6.22. The molecule has 3 aromatic heterocycles. The Morgan fingerprint density at radius 3 is 1.88 bits per heavy atom. The summed E-state index contributed by atoms with van der Waals surface area (Å²) < 4.78 is 11.2. The molecule has 7 aromatic carbocycles. The number of benzene rings is 7. The normalized spacial score (nSPS) is 13.4. The number of aromatic nitrogens is 2. The molecule has 0 saturated heterocycles. The summed E-state index contributed by atoms with van der Waals surface area (Å²) in [6.07, 6.45) is 9.09. The van der Waals surface area contributed by atoms with E-state index in [1.54, 1.807) is 0 Å². The van der Waals surface area contributed by atoms with Gasteiger partial charge in [-0.25, -0.2) is 0 Å². The standard InChI is InChI=1S/C48H32N2O/c1-3-12-31(13-4-1)32-22-24-33(25-23-32)34-14-11-17-36(26-34)50-43-20-9-7-18-37(43)39-27-40-41-28-42-38-19-8-10-21-47(38)51-48(42)30-46(41)49(45(40)29-44(39)50)35-15-5-2-6-16-35/h2-3,5-30H,1,4H2. The van der Waals surface area contributed by atoms with Gasteiger partial charge in [-0.1, -0.05) is 109 Å². The SMILES string of the molecule is C1=CC(c2ccc(-c3cccc(-n4c5ccccc5c5cc6c7cc8c(cc7n(-c7ccccc7)c6cc54)oc4ccccc48)c3)cc2)=CCC1. The molecule has 11 rings (SSSR count). The minimum Gasteiger partial charge on any atom is -0.456 e. The van der Waals surface area contributed by atoms with Crippen LogP contribution in [0.25, 0.3) is 93.6 Å². The Labute approximate surface area is 294 Å². The molecule has 0 atom stereocenters. The molecule has 1 aliphatic rings. The third-order valence-electron chi connectivity index (χ3n) is 10.7. The second-order valence-corrected chi connectivity index (χ2v) is 13.6. The summed E-state index contributed by atoms with van der Waals surface area (Å²) in [5, 5.41) is 7.22. The molecule has 0 fully saturated rings. The van der Waals surface area contributed by atoms with Crippen molar-refractivity contribution >= 4 is 71.1 Å². The number of rotatable bonds is 4. The van der Waals surface area contributed by atoms with Gasteiger partial charge in [-0.15, -0.1) is 0 Å². The van der Waals surface area contributed by atoms with E-state index in [4.69, 9.17) is 4.42 Å². The second kappa shape index (κ2) is 11.0. The number of nitrogens with zero attached hydrogens (tertiary/aromatic N) is 2. The van der Waals surface area contributed by atoms with Crippen LogP contribution < -0.4 is 0 Å². The fourth-order valence-corrected chi connectivity index (χ4v) is 8.34. The van der Waals surface area contributed by atoms with Gasteiger partial charge >= 0.3 is 0 Å². The zero-order chi connectivity index (χ0) is 33.5. The first-order chi connectivity index (χ1) is 25.3. The van der Waals surface area contributed by atoms with E-state index in [-0.39, 0.29) is 0 Å². The Morgan fingerprint density at radius 2 is 1.06 bits per heavy atom. The lowest BCUT2D eigenvalue weighted by Crippen LogP contribution is -1.96. The molecule has 10 aromatic rings. The van der Waals surface area contributed by atoms with Gasteiger partial charge in [0.25, 0.3) is 0 Å². The van der Waals surface area contributed by atoms with Crippen LogP contribution in [-0.2, 0) is 0 Å². The van der Waals surface area contributed by atoms with Crippen LogP contribution in [0.4, 0.5) is 0 Å². The van der Waals surface area contributed by atoms with Crippen LogP contribution in [0, 0.1) is 0 Å². The van der Waals surface area contributed by atoms with E-state index in [2.05, 4.69) is 173 Å². The first kappa shape index (κ1) is 28.3. The molecule has 0 spiro atoms. The minimum absolute atomic E-state index is 0.903. The van der Waals surface area contributed by atoms with Crippen molar-refractivity contribution in [1.29, 1.82) is 0 Å². The molecule has 3 nitrogen and oxygen atoms in total. The molecule has 0 radical (unpaired) electrons. The van der Waals surface area contributed by atoms with E-state index < -0.39 is 0 Å². The maximum Gasteiger partial charge on any atom is 0.137 e. The van der Waals surface area contributed by atoms with Gasteiger partial charge in [0.2, 0.25) is 0 Å². The van der Waals surface area contributed by atoms with Crippen molar-refractivity contribution < 1.29 is 4.42 Å². The van der Waals surface area contributed by atoms with Crippen molar-refractivity contribution in [2.45, 2.75) is 12.8 Å². The molecule has 0 bridgehead atoms. The Balaban J connectivity index is 1.16. The summed E-state index contributed by atoms with van der Waals surface area (Å²) in [6, 6.07) is 55.2. The van der Waals surface area contributed by atoms with E-state index in [0.29, 0.717) is 0 Å². The Hall–Kier alpha value is -6.58. The first-order valence-electron chi connectivity index (χ1n) is 17.7.